The lowest BCUT2D eigenvalue weighted by Gasteiger charge is -1.97. The maximum absolute atomic E-state index is 5.54. The summed E-state index contributed by atoms with van der Waals surface area (Å²) in [7, 11) is 0. The van der Waals surface area contributed by atoms with Crippen LogP contribution in [0.25, 0.3) is 0 Å². The molecule has 1 rings (SSSR count). The zero-order valence-electron chi connectivity index (χ0n) is 8.06. The quantitative estimate of drug-likeness (QED) is 0.455. The van der Waals surface area contributed by atoms with Crippen LogP contribution in [0.15, 0.2) is 17.5 Å². The normalized spacial score (nSPS) is 11.9. The van der Waals surface area contributed by atoms with Crippen LogP contribution in [0.2, 0.25) is 0 Å². The second-order valence-electron chi connectivity index (χ2n) is 2.55. The number of aliphatic imine (C=N–C) groups is 1. The van der Waals surface area contributed by atoms with E-state index in [-0.39, 0.29) is 0 Å². The summed E-state index contributed by atoms with van der Waals surface area (Å²) in [6, 6.07) is 0. The summed E-state index contributed by atoms with van der Waals surface area (Å²) in [5.41, 5.74) is 6.69. The predicted molar refractivity (Wildman–Crippen MR) is 64.8 cm³/mol. The molecule has 0 bridgehead atoms. The summed E-state index contributed by atoms with van der Waals surface area (Å²) in [4.78, 5) is 11.2. The molecule has 0 saturated carbocycles. The first-order chi connectivity index (χ1) is 6.83. The molecule has 0 aliphatic carbocycles. The van der Waals surface area contributed by atoms with Crippen LogP contribution in [-0.4, -0.2) is 33.7 Å². The Hall–Kier alpha value is -0.620. The molecule has 1 aromatic rings. The first-order valence-corrected chi connectivity index (χ1v) is 6.59. The molecule has 0 unspecified atom stereocenters. The van der Waals surface area contributed by atoms with Gasteiger partial charge < -0.3 is 10.7 Å². The second kappa shape index (κ2) is 6.78. The standard InChI is InChI=1S/C8H14N4S2/c1-13-8(9)11-2-3-14-5-7-4-10-6-12-7/h4,6H,2-3,5H2,1H3,(H2,9,11)(H,10,12). The molecule has 0 fully saturated rings. The zero-order valence-corrected chi connectivity index (χ0v) is 9.70. The Kier molecular flexibility index (Phi) is 5.55. The lowest BCUT2D eigenvalue weighted by molar-refractivity contribution is 1.14. The van der Waals surface area contributed by atoms with Crippen LogP contribution in [0.4, 0.5) is 0 Å². The molecular weight excluding hydrogens is 216 g/mol. The molecule has 0 saturated heterocycles. The van der Waals surface area contributed by atoms with E-state index in [1.807, 2.05) is 24.2 Å². The smallest absolute Gasteiger partial charge is 0.153 e. The van der Waals surface area contributed by atoms with Gasteiger partial charge in [0.1, 0.15) is 0 Å². The Labute approximate surface area is 92.2 Å². The Bertz CT molecular complexity index is 271. The number of hydrogen-bond acceptors (Lipinski definition) is 4. The molecule has 6 heteroatoms. The topological polar surface area (TPSA) is 67.1 Å². The van der Waals surface area contributed by atoms with Gasteiger partial charge in [0.05, 0.1) is 12.9 Å². The molecule has 1 heterocycles. The Balaban J connectivity index is 2.05. The zero-order chi connectivity index (χ0) is 10.2. The van der Waals surface area contributed by atoms with Gasteiger partial charge in [-0.05, 0) is 6.26 Å². The number of rotatable bonds is 5. The van der Waals surface area contributed by atoms with Crippen LogP contribution in [0.3, 0.4) is 0 Å². The highest BCUT2D eigenvalue weighted by atomic mass is 32.2. The molecule has 0 aliphatic heterocycles. The number of thioether (sulfide) groups is 2. The Morgan fingerprint density at radius 1 is 1.71 bits per heavy atom. The van der Waals surface area contributed by atoms with E-state index in [0.29, 0.717) is 5.17 Å². The highest BCUT2D eigenvalue weighted by Gasteiger charge is 1.93. The maximum Gasteiger partial charge on any atom is 0.153 e. The van der Waals surface area contributed by atoms with Gasteiger partial charge in [-0.3, -0.25) is 4.99 Å². The van der Waals surface area contributed by atoms with Crippen molar-refractivity contribution >= 4 is 28.7 Å². The van der Waals surface area contributed by atoms with Gasteiger partial charge in [-0.15, -0.1) is 0 Å². The number of amidine groups is 1. The minimum Gasteiger partial charge on any atom is -0.379 e. The van der Waals surface area contributed by atoms with Gasteiger partial charge in [0.25, 0.3) is 0 Å². The Morgan fingerprint density at radius 2 is 2.57 bits per heavy atom. The van der Waals surface area contributed by atoms with E-state index in [0.717, 1.165) is 23.7 Å². The lowest BCUT2D eigenvalue weighted by Crippen LogP contribution is -2.06. The fourth-order valence-corrected chi connectivity index (χ4v) is 1.79. The van der Waals surface area contributed by atoms with E-state index in [1.165, 1.54) is 11.8 Å². The third kappa shape index (κ3) is 4.57. The fourth-order valence-electron chi connectivity index (χ4n) is 0.831. The van der Waals surface area contributed by atoms with E-state index in [4.69, 9.17) is 5.73 Å². The number of aromatic nitrogens is 2. The molecule has 1 aromatic heterocycles. The van der Waals surface area contributed by atoms with Gasteiger partial charge >= 0.3 is 0 Å². The van der Waals surface area contributed by atoms with Crippen LogP contribution in [0.1, 0.15) is 5.69 Å². The van der Waals surface area contributed by atoms with Crippen molar-refractivity contribution in [3.63, 3.8) is 0 Å². The van der Waals surface area contributed by atoms with Gasteiger partial charge in [0.2, 0.25) is 0 Å². The van der Waals surface area contributed by atoms with Crippen molar-refractivity contribution in [1.82, 2.24) is 9.97 Å². The van der Waals surface area contributed by atoms with Crippen molar-refractivity contribution in [2.24, 2.45) is 10.7 Å². The van der Waals surface area contributed by atoms with E-state index in [1.54, 1.807) is 6.33 Å². The number of nitrogens with one attached hydrogen (secondary N) is 1. The number of hydrogen-bond donors (Lipinski definition) is 2. The highest BCUT2D eigenvalue weighted by Crippen LogP contribution is 2.08. The molecule has 0 aromatic carbocycles. The molecule has 0 amide bonds. The van der Waals surface area contributed by atoms with Crippen LogP contribution >= 0.6 is 23.5 Å². The van der Waals surface area contributed by atoms with Crippen molar-refractivity contribution in [3.05, 3.63) is 18.2 Å². The number of H-pyrrole nitrogens is 1. The molecular formula is C8H14N4S2. The average molecular weight is 230 g/mol. The Morgan fingerprint density at radius 3 is 3.21 bits per heavy atom. The fraction of sp³-hybridized carbons (Fsp3) is 0.500. The summed E-state index contributed by atoms with van der Waals surface area (Å²) in [6.45, 7) is 0.783. The van der Waals surface area contributed by atoms with E-state index in [2.05, 4.69) is 15.0 Å². The van der Waals surface area contributed by atoms with Crippen molar-refractivity contribution in [2.45, 2.75) is 5.75 Å². The van der Waals surface area contributed by atoms with Crippen LogP contribution < -0.4 is 5.73 Å². The molecule has 4 nitrogen and oxygen atoms in total. The monoisotopic (exact) mass is 230 g/mol. The molecule has 0 spiro atoms. The molecule has 3 N–H and O–H groups in total. The largest absolute Gasteiger partial charge is 0.379 e. The molecule has 14 heavy (non-hydrogen) atoms. The predicted octanol–water partition coefficient (Wildman–Crippen LogP) is 1.32. The SMILES string of the molecule is CSC(N)=NCCSCc1cnc[nH]1. The van der Waals surface area contributed by atoms with Gasteiger partial charge in [0.15, 0.2) is 5.17 Å². The third-order valence-corrected chi connectivity index (χ3v) is 3.06. The number of nitrogens with zero attached hydrogens (tertiary/aromatic N) is 2. The van der Waals surface area contributed by atoms with Crippen LogP contribution in [-0.2, 0) is 5.75 Å². The number of aromatic amines is 1. The van der Waals surface area contributed by atoms with E-state index < -0.39 is 0 Å². The summed E-state index contributed by atoms with van der Waals surface area (Å²) in [5.74, 6) is 1.94. The van der Waals surface area contributed by atoms with Gasteiger partial charge in [0, 0.05) is 23.4 Å². The van der Waals surface area contributed by atoms with Crippen molar-refractivity contribution in [3.8, 4) is 0 Å². The average Bonchev–Trinajstić information content (AvgIpc) is 2.69. The van der Waals surface area contributed by atoms with Crippen LogP contribution in [0.5, 0.6) is 0 Å². The van der Waals surface area contributed by atoms with E-state index >= 15 is 0 Å². The summed E-state index contributed by atoms with van der Waals surface area (Å²) in [6.07, 6.45) is 5.46. The molecule has 78 valence electrons. The molecule has 0 atom stereocenters. The van der Waals surface area contributed by atoms with Crippen molar-refractivity contribution < 1.29 is 0 Å². The molecule has 0 radical (unpaired) electrons. The van der Waals surface area contributed by atoms with Crippen LogP contribution in [0, 0.1) is 0 Å². The van der Waals surface area contributed by atoms with E-state index in [9.17, 15) is 0 Å². The number of imidazole rings is 1. The van der Waals surface area contributed by atoms with Crippen molar-refractivity contribution in [1.29, 1.82) is 0 Å². The third-order valence-electron chi connectivity index (χ3n) is 1.52. The van der Waals surface area contributed by atoms with Gasteiger partial charge in [-0.25, -0.2) is 4.98 Å². The first-order valence-electron chi connectivity index (χ1n) is 4.22. The molecule has 0 aliphatic rings. The number of nitrogens with two attached hydrogens (primary N) is 1. The summed E-state index contributed by atoms with van der Waals surface area (Å²) in [5, 5.41) is 0.659. The maximum atomic E-state index is 5.54. The highest BCUT2D eigenvalue weighted by molar-refractivity contribution is 8.13. The summed E-state index contributed by atoms with van der Waals surface area (Å²) >= 11 is 3.30. The van der Waals surface area contributed by atoms with Gasteiger partial charge in [-0.1, -0.05) is 11.8 Å². The first kappa shape index (κ1) is 11.5. The van der Waals surface area contributed by atoms with Gasteiger partial charge in [-0.2, -0.15) is 11.8 Å². The minimum atomic E-state index is 0.659. The lowest BCUT2D eigenvalue weighted by atomic mass is 10.6. The van der Waals surface area contributed by atoms with Crippen molar-refractivity contribution in [2.75, 3.05) is 18.6 Å². The second-order valence-corrected chi connectivity index (χ2v) is 4.49. The minimum absolute atomic E-state index is 0.659. The summed E-state index contributed by atoms with van der Waals surface area (Å²) < 4.78 is 0.